The van der Waals surface area contributed by atoms with E-state index in [-0.39, 0.29) is 12.7 Å². The zero-order valence-electron chi connectivity index (χ0n) is 5.57. The number of hydrogen-bond acceptors (Lipinski definition) is 5. The van der Waals surface area contributed by atoms with Gasteiger partial charge in [-0.05, 0) is 0 Å². The maximum atomic E-state index is 10.9. The molecule has 1 N–H and O–H groups in total. The molecule has 0 fully saturated rings. The molecule has 0 unspecified atom stereocenters. The molecule has 2 rings (SSSR count). The van der Waals surface area contributed by atoms with Crippen LogP contribution in [0.15, 0.2) is 12.5 Å². The molecule has 56 valence electrons. The van der Waals surface area contributed by atoms with E-state index >= 15 is 0 Å². The number of aromatic nitrogens is 2. The van der Waals surface area contributed by atoms with Crippen LogP contribution < -0.4 is 5.32 Å². The Hall–Kier alpha value is -1.65. The third-order valence-electron chi connectivity index (χ3n) is 1.38. The first-order valence-electron chi connectivity index (χ1n) is 3.09. The smallest absolute Gasteiger partial charge is 0.345 e. The highest BCUT2D eigenvalue weighted by Gasteiger charge is 2.18. The molecule has 0 spiro atoms. The summed E-state index contributed by atoms with van der Waals surface area (Å²) in [5.41, 5.74) is 0.388. The molecular formula is C6H5N3O2. The van der Waals surface area contributed by atoms with Crippen molar-refractivity contribution in [3.05, 3.63) is 18.1 Å². The molecule has 1 aliphatic rings. The fourth-order valence-corrected chi connectivity index (χ4v) is 0.868. The average Bonchev–Trinajstić information content (AvgIpc) is 2.06. The van der Waals surface area contributed by atoms with Crippen LogP contribution in [-0.2, 0) is 4.74 Å². The number of nitrogens with zero attached hydrogens (tertiary/aromatic N) is 2. The third-order valence-corrected chi connectivity index (χ3v) is 1.38. The van der Waals surface area contributed by atoms with Gasteiger partial charge in [0.05, 0.1) is 0 Å². The lowest BCUT2D eigenvalue weighted by molar-refractivity contribution is 0.0516. The van der Waals surface area contributed by atoms with Crippen LogP contribution >= 0.6 is 0 Å². The van der Waals surface area contributed by atoms with Crippen molar-refractivity contribution in [2.24, 2.45) is 0 Å². The molecule has 0 saturated heterocycles. The molecule has 1 aromatic heterocycles. The van der Waals surface area contributed by atoms with E-state index in [1.54, 1.807) is 0 Å². The molecule has 0 radical (unpaired) electrons. The van der Waals surface area contributed by atoms with E-state index in [2.05, 4.69) is 20.0 Å². The number of hydrogen-bond donors (Lipinski definition) is 1. The van der Waals surface area contributed by atoms with E-state index < -0.39 is 0 Å². The molecule has 5 nitrogen and oxygen atoms in total. The van der Waals surface area contributed by atoms with Crippen molar-refractivity contribution in [1.82, 2.24) is 9.97 Å². The summed E-state index contributed by atoms with van der Waals surface area (Å²) in [5, 5.41) is 2.80. The molecule has 0 atom stereocenters. The van der Waals surface area contributed by atoms with Gasteiger partial charge in [-0.25, -0.2) is 14.8 Å². The van der Waals surface area contributed by atoms with Crippen molar-refractivity contribution < 1.29 is 9.53 Å². The van der Waals surface area contributed by atoms with Gasteiger partial charge < -0.3 is 10.1 Å². The number of carbonyl (C=O) groups is 1. The van der Waals surface area contributed by atoms with E-state index in [0.717, 1.165) is 0 Å². The van der Waals surface area contributed by atoms with Gasteiger partial charge in [0.2, 0.25) is 0 Å². The molecule has 1 aliphatic heterocycles. The molecule has 1 aromatic rings. The first-order chi connectivity index (χ1) is 5.38. The second kappa shape index (κ2) is 2.19. The van der Waals surface area contributed by atoms with Crippen molar-refractivity contribution in [2.45, 2.75) is 0 Å². The predicted octanol–water partition coefficient (Wildman–Crippen LogP) is 0.0164. The molecule has 5 heteroatoms. The highest BCUT2D eigenvalue weighted by molar-refractivity contribution is 5.95. The summed E-state index contributed by atoms with van der Waals surface area (Å²) in [6, 6.07) is 0. The van der Waals surface area contributed by atoms with Crippen molar-refractivity contribution in [3.63, 3.8) is 0 Å². The summed E-state index contributed by atoms with van der Waals surface area (Å²) < 4.78 is 4.67. The van der Waals surface area contributed by atoms with E-state index in [1.165, 1.54) is 12.5 Å². The summed E-state index contributed by atoms with van der Waals surface area (Å²) in [6.07, 6.45) is 2.81. The number of anilines is 1. The Labute approximate surface area is 62.4 Å². The normalized spacial score (nSPS) is 14.7. The van der Waals surface area contributed by atoms with Crippen LogP contribution in [0.25, 0.3) is 0 Å². The molecular weight excluding hydrogens is 146 g/mol. The van der Waals surface area contributed by atoms with E-state index in [4.69, 9.17) is 0 Å². The maximum Gasteiger partial charge on any atom is 0.345 e. The Morgan fingerprint density at radius 1 is 1.64 bits per heavy atom. The number of nitrogens with one attached hydrogen (secondary N) is 1. The lowest BCUT2D eigenvalue weighted by atomic mass is 10.3. The maximum absolute atomic E-state index is 10.9. The average molecular weight is 151 g/mol. The van der Waals surface area contributed by atoms with E-state index in [0.29, 0.717) is 11.4 Å². The van der Waals surface area contributed by atoms with Crippen LogP contribution in [0, 0.1) is 0 Å². The highest BCUT2D eigenvalue weighted by atomic mass is 16.5. The number of fused-ring (bicyclic) bond motifs is 1. The summed E-state index contributed by atoms with van der Waals surface area (Å²) >= 11 is 0. The van der Waals surface area contributed by atoms with Gasteiger partial charge in [0.15, 0.2) is 6.73 Å². The summed E-state index contributed by atoms with van der Waals surface area (Å²) in [7, 11) is 0. The third kappa shape index (κ3) is 0.899. The zero-order chi connectivity index (χ0) is 7.68. The Kier molecular flexibility index (Phi) is 1.21. The van der Waals surface area contributed by atoms with Crippen LogP contribution in [0.3, 0.4) is 0 Å². The van der Waals surface area contributed by atoms with Gasteiger partial charge in [0.25, 0.3) is 0 Å². The minimum Gasteiger partial charge on any atom is -0.441 e. The van der Waals surface area contributed by atoms with Gasteiger partial charge in [0, 0.05) is 6.20 Å². The van der Waals surface area contributed by atoms with Crippen molar-refractivity contribution >= 4 is 11.8 Å². The molecule has 0 aromatic carbocycles. The standard InChI is InChI=1S/C6H5N3O2/c10-6-4-1-7-2-8-5(4)9-3-11-6/h1-2H,3H2,(H,7,8,9). The van der Waals surface area contributed by atoms with Crippen LogP contribution in [0.2, 0.25) is 0 Å². The lowest BCUT2D eigenvalue weighted by Crippen LogP contribution is -2.21. The molecule has 0 bridgehead atoms. The number of rotatable bonds is 0. The monoisotopic (exact) mass is 151 g/mol. The molecule has 0 amide bonds. The summed E-state index contributed by atoms with van der Waals surface area (Å²) in [6.45, 7) is 0.183. The van der Waals surface area contributed by atoms with Gasteiger partial charge in [-0.3, -0.25) is 0 Å². The molecule has 11 heavy (non-hydrogen) atoms. The number of esters is 1. The van der Waals surface area contributed by atoms with Crippen molar-refractivity contribution in [2.75, 3.05) is 12.0 Å². The van der Waals surface area contributed by atoms with Gasteiger partial charge in [-0.1, -0.05) is 0 Å². The Morgan fingerprint density at radius 3 is 3.36 bits per heavy atom. The highest BCUT2D eigenvalue weighted by Crippen LogP contribution is 2.14. The quantitative estimate of drug-likeness (QED) is 0.529. The molecule has 2 heterocycles. The SMILES string of the molecule is O=C1OCNc2ncncc21. The number of carbonyl (C=O) groups excluding carboxylic acids is 1. The number of cyclic esters (lactones) is 1. The topological polar surface area (TPSA) is 64.1 Å². The van der Waals surface area contributed by atoms with Gasteiger partial charge in [-0.15, -0.1) is 0 Å². The second-order valence-electron chi connectivity index (χ2n) is 2.04. The van der Waals surface area contributed by atoms with Crippen LogP contribution in [0.4, 0.5) is 5.82 Å². The zero-order valence-corrected chi connectivity index (χ0v) is 5.57. The first kappa shape index (κ1) is 6.09. The second-order valence-corrected chi connectivity index (χ2v) is 2.04. The minimum absolute atomic E-state index is 0.183. The van der Waals surface area contributed by atoms with Crippen LogP contribution in [0.5, 0.6) is 0 Å². The molecule has 0 aliphatic carbocycles. The molecule has 0 saturated carbocycles. The minimum atomic E-state index is -0.376. The number of ether oxygens (including phenoxy) is 1. The Morgan fingerprint density at radius 2 is 2.55 bits per heavy atom. The van der Waals surface area contributed by atoms with Gasteiger partial charge in [0.1, 0.15) is 17.7 Å². The van der Waals surface area contributed by atoms with Gasteiger partial charge >= 0.3 is 5.97 Å². The lowest BCUT2D eigenvalue weighted by Gasteiger charge is -2.14. The van der Waals surface area contributed by atoms with Gasteiger partial charge in [-0.2, -0.15) is 0 Å². The van der Waals surface area contributed by atoms with E-state index in [1.807, 2.05) is 0 Å². The van der Waals surface area contributed by atoms with E-state index in [9.17, 15) is 4.79 Å². The Balaban J connectivity index is 2.52. The fraction of sp³-hybridized carbons (Fsp3) is 0.167. The van der Waals surface area contributed by atoms with Crippen molar-refractivity contribution in [1.29, 1.82) is 0 Å². The predicted molar refractivity (Wildman–Crippen MR) is 35.9 cm³/mol. The van der Waals surface area contributed by atoms with Crippen molar-refractivity contribution in [3.8, 4) is 0 Å². The first-order valence-corrected chi connectivity index (χ1v) is 3.09. The Bertz CT molecular complexity index is 300. The van der Waals surface area contributed by atoms with Crippen LogP contribution in [-0.4, -0.2) is 22.7 Å². The largest absolute Gasteiger partial charge is 0.441 e. The van der Waals surface area contributed by atoms with Crippen LogP contribution in [0.1, 0.15) is 10.4 Å². The summed E-state index contributed by atoms with van der Waals surface area (Å²) in [4.78, 5) is 18.5. The summed E-state index contributed by atoms with van der Waals surface area (Å²) in [5.74, 6) is 0.163. The fourth-order valence-electron chi connectivity index (χ4n) is 0.868.